The number of aliphatic hydroxyl groups excluding tert-OH is 1. The fourth-order valence-electron chi connectivity index (χ4n) is 2.22. The maximum Gasteiger partial charge on any atom is 0.0514 e. The van der Waals surface area contributed by atoms with E-state index in [1.165, 1.54) is 51.4 Å². The van der Waals surface area contributed by atoms with Gasteiger partial charge in [0.2, 0.25) is 0 Å². The SMILES string of the molecule is CCCCCCC(CCCC)CC(C)O. The minimum absolute atomic E-state index is 0.113. The van der Waals surface area contributed by atoms with Crippen LogP contribution >= 0.6 is 0 Å². The van der Waals surface area contributed by atoms with E-state index < -0.39 is 0 Å². The average molecular weight is 214 g/mol. The summed E-state index contributed by atoms with van der Waals surface area (Å²) in [6.45, 7) is 6.42. The van der Waals surface area contributed by atoms with Gasteiger partial charge in [-0.05, 0) is 19.3 Å². The third-order valence-electron chi connectivity index (χ3n) is 3.11. The van der Waals surface area contributed by atoms with Gasteiger partial charge in [-0.3, -0.25) is 0 Å². The third-order valence-corrected chi connectivity index (χ3v) is 3.11. The van der Waals surface area contributed by atoms with Crippen molar-refractivity contribution in [3.05, 3.63) is 0 Å². The predicted molar refractivity (Wildman–Crippen MR) is 68.1 cm³/mol. The van der Waals surface area contributed by atoms with Gasteiger partial charge in [-0.2, -0.15) is 0 Å². The molecule has 0 spiro atoms. The highest BCUT2D eigenvalue weighted by molar-refractivity contribution is 4.63. The van der Waals surface area contributed by atoms with Crippen LogP contribution in [0.5, 0.6) is 0 Å². The van der Waals surface area contributed by atoms with E-state index in [-0.39, 0.29) is 6.10 Å². The standard InChI is InChI=1S/C14H30O/c1-4-6-8-9-11-14(10-7-5-2)12-13(3)15/h13-15H,4-12H2,1-3H3. The molecule has 0 saturated carbocycles. The van der Waals surface area contributed by atoms with Gasteiger partial charge in [0.05, 0.1) is 6.10 Å². The topological polar surface area (TPSA) is 20.2 Å². The summed E-state index contributed by atoms with van der Waals surface area (Å²) in [5.74, 6) is 0.766. The molecule has 0 amide bonds. The van der Waals surface area contributed by atoms with Crippen molar-refractivity contribution in [2.24, 2.45) is 5.92 Å². The van der Waals surface area contributed by atoms with E-state index in [1.54, 1.807) is 0 Å². The number of unbranched alkanes of at least 4 members (excludes halogenated alkanes) is 4. The van der Waals surface area contributed by atoms with Gasteiger partial charge >= 0.3 is 0 Å². The first kappa shape index (κ1) is 15.0. The Labute approximate surface area is 96.3 Å². The summed E-state index contributed by atoms with van der Waals surface area (Å²) in [5.41, 5.74) is 0. The van der Waals surface area contributed by atoms with Crippen LogP contribution in [0.1, 0.15) is 78.6 Å². The minimum Gasteiger partial charge on any atom is -0.393 e. The molecule has 0 fully saturated rings. The molecule has 1 N–H and O–H groups in total. The average Bonchev–Trinajstić information content (AvgIpc) is 2.19. The Morgan fingerprint density at radius 2 is 1.47 bits per heavy atom. The van der Waals surface area contributed by atoms with Gasteiger partial charge in [-0.15, -0.1) is 0 Å². The van der Waals surface area contributed by atoms with Crippen molar-refractivity contribution in [2.75, 3.05) is 0 Å². The summed E-state index contributed by atoms with van der Waals surface area (Å²) in [6.07, 6.45) is 11.6. The molecule has 92 valence electrons. The van der Waals surface area contributed by atoms with Gasteiger partial charge in [0.15, 0.2) is 0 Å². The number of hydrogen-bond donors (Lipinski definition) is 1. The molecule has 0 aromatic rings. The van der Waals surface area contributed by atoms with Gasteiger partial charge < -0.3 is 5.11 Å². The van der Waals surface area contributed by atoms with Crippen LogP contribution < -0.4 is 0 Å². The molecule has 1 nitrogen and oxygen atoms in total. The fraction of sp³-hybridized carbons (Fsp3) is 1.00. The molecule has 0 saturated heterocycles. The molecular formula is C14H30O. The molecule has 0 rings (SSSR count). The summed E-state index contributed by atoms with van der Waals surface area (Å²) in [4.78, 5) is 0. The van der Waals surface area contributed by atoms with Crippen molar-refractivity contribution in [1.29, 1.82) is 0 Å². The number of rotatable bonds is 10. The summed E-state index contributed by atoms with van der Waals surface area (Å²) < 4.78 is 0. The second-order valence-electron chi connectivity index (χ2n) is 4.94. The lowest BCUT2D eigenvalue weighted by atomic mass is 9.90. The lowest BCUT2D eigenvalue weighted by molar-refractivity contribution is 0.152. The van der Waals surface area contributed by atoms with Crippen molar-refractivity contribution in [3.63, 3.8) is 0 Å². The van der Waals surface area contributed by atoms with Gasteiger partial charge in [0.25, 0.3) is 0 Å². The molecule has 2 atom stereocenters. The lowest BCUT2D eigenvalue weighted by Crippen LogP contribution is -2.10. The second kappa shape index (κ2) is 10.5. The summed E-state index contributed by atoms with van der Waals surface area (Å²) in [5, 5.41) is 9.42. The number of aliphatic hydroxyl groups is 1. The molecule has 0 heterocycles. The highest BCUT2D eigenvalue weighted by Gasteiger charge is 2.10. The normalized spacial score (nSPS) is 15.2. The van der Waals surface area contributed by atoms with Gasteiger partial charge in [-0.1, -0.05) is 65.2 Å². The van der Waals surface area contributed by atoms with Crippen LogP contribution in [-0.4, -0.2) is 11.2 Å². The molecule has 0 radical (unpaired) electrons. The Balaban J connectivity index is 3.59. The van der Waals surface area contributed by atoms with E-state index in [9.17, 15) is 5.11 Å². The first-order chi connectivity index (χ1) is 7.20. The van der Waals surface area contributed by atoms with Crippen molar-refractivity contribution in [1.82, 2.24) is 0 Å². The zero-order valence-electron chi connectivity index (χ0n) is 11.0. The highest BCUT2D eigenvalue weighted by atomic mass is 16.3. The first-order valence-electron chi connectivity index (χ1n) is 6.88. The molecule has 0 aliphatic heterocycles. The van der Waals surface area contributed by atoms with Crippen LogP contribution in [0.2, 0.25) is 0 Å². The molecule has 15 heavy (non-hydrogen) atoms. The Bertz CT molecular complexity index is 121. The van der Waals surface area contributed by atoms with Crippen LogP contribution in [0.15, 0.2) is 0 Å². The highest BCUT2D eigenvalue weighted by Crippen LogP contribution is 2.22. The van der Waals surface area contributed by atoms with Crippen LogP contribution in [-0.2, 0) is 0 Å². The molecule has 0 aliphatic rings. The Hall–Kier alpha value is -0.0400. The zero-order chi connectivity index (χ0) is 11.5. The number of hydrogen-bond acceptors (Lipinski definition) is 1. The molecule has 0 aliphatic carbocycles. The van der Waals surface area contributed by atoms with Crippen molar-refractivity contribution in [2.45, 2.75) is 84.7 Å². The predicted octanol–water partition coefficient (Wildman–Crippen LogP) is 4.53. The van der Waals surface area contributed by atoms with E-state index in [4.69, 9.17) is 0 Å². The zero-order valence-corrected chi connectivity index (χ0v) is 11.0. The van der Waals surface area contributed by atoms with E-state index in [1.807, 2.05) is 6.92 Å². The lowest BCUT2D eigenvalue weighted by Gasteiger charge is -2.18. The van der Waals surface area contributed by atoms with Gasteiger partial charge in [-0.25, -0.2) is 0 Å². The molecule has 2 unspecified atom stereocenters. The van der Waals surface area contributed by atoms with Crippen molar-refractivity contribution in [3.8, 4) is 0 Å². The smallest absolute Gasteiger partial charge is 0.0514 e. The Morgan fingerprint density at radius 1 is 0.867 bits per heavy atom. The van der Waals surface area contributed by atoms with Gasteiger partial charge in [0.1, 0.15) is 0 Å². The molecule has 0 aromatic heterocycles. The molecule has 1 heteroatoms. The minimum atomic E-state index is -0.113. The van der Waals surface area contributed by atoms with Crippen molar-refractivity contribution < 1.29 is 5.11 Å². The second-order valence-corrected chi connectivity index (χ2v) is 4.94. The summed E-state index contributed by atoms with van der Waals surface area (Å²) >= 11 is 0. The van der Waals surface area contributed by atoms with Crippen molar-refractivity contribution >= 4 is 0 Å². The monoisotopic (exact) mass is 214 g/mol. The Morgan fingerprint density at radius 3 is 2.00 bits per heavy atom. The Kier molecular flexibility index (Phi) is 10.4. The maximum absolute atomic E-state index is 9.42. The van der Waals surface area contributed by atoms with Crippen LogP contribution in [0, 0.1) is 5.92 Å². The third kappa shape index (κ3) is 10.2. The van der Waals surface area contributed by atoms with E-state index in [0.29, 0.717) is 0 Å². The summed E-state index contributed by atoms with van der Waals surface area (Å²) in [6, 6.07) is 0. The summed E-state index contributed by atoms with van der Waals surface area (Å²) in [7, 11) is 0. The first-order valence-corrected chi connectivity index (χ1v) is 6.88. The van der Waals surface area contributed by atoms with Crippen LogP contribution in [0.3, 0.4) is 0 Å². The van der Waals surface area contributed by atoms with Crippen LogP contribution in [0.25, 0.3) is 0 Å². The largest absolute Gasteiger partial charge is 0.393 e. The molecular weight excluding hydrogens is 184 g/mol. The fourth-order valence-corrected chi connectivity index (χ4v) is 2.22. The quantitative estimate of drug-likeness (QED) is 0.530. The van der Waals surface area contributed by atoms with E-state index in [2.05, 4.69) is 13.8 Å². The molecule has 0 aromatic carbocycles. The van der Waals surface area contributed by atoms with Gasteiger partial charge in [0, 0.05) is 0 Å². The maximum atomic E-state index is 9.42. The van der Waals surface area contributed by atoms with Crippen LogP contribution in [0.4, 0.5) is 0 Å². The molecule has 0 bridgehead atoms. The van der Waals surface area contributed by atoms with E-state index >= 15 is 0 Å². The van der Waals surface area contributed by atoms with E-state index in [0.717, 1.165) is 12.3 Å².